The first kappa shape index (κ1) is 26.0. The van der Waals surface area contributed by atoms with Crippen LogP contribution in [-0.2, 0) is 6.11 Å². The maximum absolute atomic E-state index is 14.9. The van der Waals surface area contributed by atoms with E-state index < -0.39 is 57.6 Å². The van der Waals surface area contributed by atoms with Crippen LogP contribution in [0.15, 0.2) is 36.4 Å². The lowest BCUT2D eigenvalue weighted by Crippen LogP contribution is -2.25. The molecule has 0 aromatic heterocycles. The molecule has 0 bridgehead atoms. The van der Waals surface area contributed by atoms with Gasteiger partial charge in [-0.05, 0) is 91.1 Å². The van der Waals surface area contributed by atoms with Gasteiger partial charge in [-0.3, -0.25) is 0 Å². The van der Waals surface area contributed by atoms with Crippen LogP contribution in [0.1, 0.15) is 60.8 Å². The van der Waals surface area contributed by atoms with E-state index in [1.807, 2.05) is 0 Å². The topological polar surface area (TPSA) is 9.23 Å². The van der Waals surface area contributed by atoms with Crippen molar-refractivity contribution in [1.82, 2.24) is 0 Å². The van der Waals surface area contributed by atoms with Crippen LogP contribution >= 0.6 is 0 Å². The first-order valence-electron chi connectivity index (χ1n) is 11.7. The van der Waals surface area contributed by atoms with Crippen LogP contribution < -0.4 is 4.74 Å². The summed E-state index contributed by atoms with van der Waals surface area (Å²) in [5.74, 6) is -6.54. The fourth-order valence-electron chi connectivity index (χ4n) is 4.74. The summed E-state index contributed by atoms with van der Waals surface area (Å²) in [5.41, 5.74) is -2.07. The van der Waals surface area contributed by atoms with Crippen molar-refractivity contribution in [3.63, 3.8) is 0 Å². The first-order chi connectivity index (χ1) is 16.9. The molecular weight excluding hydrogens is 485 g/mol. The first-order valence-corrected chi connectivity index (χ1v) is 11.7. The fraction of sp³-hybridized carbons (Fsp3) is 0.357. The van der Waals surface area contributed by atoms with Crippen molar-refractivity contribution in [2.24, 2.45) is 5.92 Å². The second kappa shape index (κ2) is 9.79. The highest BCUT2D eigenvalue weighted by Gasteiger charge is 2.41. The number of aryl methyl sites for hydroxylation is 1. The molecule has 0 radical (unpaired) electrons. The molecule has 0 atom stereocenters. The molecule has 1 aliphatic rings. The Labute approximate surface area is 204 Å². The third-order valence-electron chi connectivity index (χ3n) is 7.00. The standard InChI is InChI=1S/C28H25F7O/c1-14-4-6-17(7-5-14)18-9-22(30)26(23(31)10-18)19-11-24(32)27(25(33)12-19)28(34,35)36-20-8-15(2)16(3)21(29)13-20/h8-14,17H,4-7H2,1-3H3. The summed E-state index contributed by atoms with van der Waals surface area (Å²) in [6.45, 7) is 5.01. The van der Waals surface area contributed by atoms with Gasteiger partial charge in [0.05, 0.1) is 5.56 Å². The second-order valence-electron chi connectivity index (χ2n) is 9.60. The van der Waals surface area contributed by atoms with E-state index in [1.54, 1.807) is 0 Å². The van der Waals surface area contributed by atoms with Gasteiger partial charge in [-0.15, -0.1) is 0 Å². The quantitative estimate of drug-likeness (QED) is 0.311. The van der Waals surface area contributed by atoms with Crippen LogP contribution in [-0.4, -0.2) is 0 Å². The molecule has 0 aliphatic heterocycles. The third-order valence-corrected chi connectivity index (χ3v) is 7.00. The SMILES string of the molecule is Cc1cc(OC(F)(F)c2c(F)cc(-c3c(F)cc(C4CCC(C)CC4)cc3F)cc2F)cc(F)c1C. The molecule has 0 saturated heterocycles. The molecule has 3 aromatic rings. The number of benzene rings is 3. The van der Waals surface area contributed by atoms with Crippen molar-refractivity contribution in [3.8, 4) is 16.9 Å². The Morgan fingerprint density at radius 2 is 1.28 bits per heavy atom. The molecule has 192 valence electrons. The highest BCUT2D eigenvalue weighted by atomic mass is 19.3. The molecule has 36 heavy (non-hydrogen) atoms. The second-order valence-corrected chi connectivity index (χ2v) is 9.60. The molecule has 0 spiro atoms. The van der Waals surface area contributed by atoms with Crippen molar-refractivity contribution in [2.75, 3.05) is 0 Å². The highest BCUT2D eigenvalue weighted by molar-refractivity contribution is 5.66. The number of halogens is 7. The predicted molar refractivity (Wildman–Crippen MR) is 122 cm³/mol. The van der Waals surface area contributed by atoms with Crippen LogP contribution in [0.2, 0.25) is 0 Å². The summed E-state index contributed by atoms with van der Waals surface area (Å²) in [6.07, 6.45) is -1.12. The van der Waals surface area contributed by atoms with Gasteiger partial charge in [-0.25, -0.2) is 22.0 Å². The number of rotatable bonds is 5. The van der Waals surface area contributed by atoms with Crippen LogP contribution in [0.4, 0.5) is 30.7 Å². The van der Waals surface area contributed by atoms with Gasteiger partial charge in [0.15, 0.2) is 0 Å². The Morgan fingerprint density at radius 3 is 1.81 bits per heavy atom. The zero-order chi connectivity index (χ0) is 26.4. The molecule has 8 heteroatoms. The van der Waals surface area contributed by atoms with E-state index in [2.05, 4.69) is 11.7 Å². The van der Waals surface area contributed by atoms with Crippen molar-refractivity contribution in [3.05, 3.63) is 87.7 Å². The van der Waals surface area contributed by atoms with Gasteiger partial charge in [-0.2, -0.15) is 8.78 Å². The largest absolute Gasteiger partial charge is 0.432 e. The van der Waals surface area contributed by atoms with Crippen molar-refractivity contribution >= 4 is 0 Å². The van der Waals surface area contributed by atoms with E-state index in [4.69, 9.17) is 0 Å². The average Bonchev–Trinajstić information content (AvgIpc) is 2.76. The van der Waals surface area contributed by atoms with Gasteiger partial charge >= 0.3 is 6.11 Å². The molecular formula is C28H25F7O. The minimum atomic E-state index is -4.53. The maximum Gasteiger partial charge on any atom is 0.432 e. The molecule has 0 N–H and O–H groups in total. The lowest BCUT2D eigenvalue weighted by atomic mass is 9.79. The molecule has 4 rings (SSSR count). The van der Waals surface area contributed by atoms with Gasteiger partial charge < -0.3 is 4.74 Å². The number of alkyl halides is 2. The number of hydrogen-bond acceptors (Lipinski definition) is 1. The minimum Gasteiger partial charge on any atom is -0.429 e. The van der Waals surface area contributed by atoms with Gasteiger partial charge in [0, 0.05) is 6.07 Å². The molecule has 1 aliphatic carbocycles. The third kappa shape index (κ3) is 5.08. The molecule has 1 fully saturated rings. The van der Waals surface area contributed by atoms with Crippen LogP contribution in [0.3, 0.4) is 0 Å². The Balaban J connectivity index is 1.66. The summed E-state index contributed by atoms with van der Waals surface area (Å²) < 4.78 is 107. The van der Waals surface area contributed by atoms with Crippen LogP contribution in [0.5, 0.6) is 5.75 Å². The van der Waals surface area contributed by atoms with E-state index in [-0.39, 0.29) is 11.5 Å². The molecule has 1 nitrogen and oxygen atoms in total. The molecule has 0 unspecified atom stereocenters. The van der Waals surface area contributed by atoms with Crippen LogP contribution in [0.25, 0.3) is 11.1 Å². The summed E-state index contributed by atoms with van der Waals surface area (Å²) in [6, 6.07) is 4.92. The summed E-state index contributed by atoms with van der Waals surface area (Å²) in [7, 11) is 0. The van der Waals surface area contributed by atoms with Crippen molar-refractivity contribution in [1.29, 1.82) is 0 Å². The van der Waals surface area contributed by atoms with E-state index in [0.29, 0.717) is 35.2 Å². The smallest absolute Gasteiger partial charge is 0.429 e. The Bertz CT molecular complexity index is 1220. The minimum absolute atomic E-state index is 0.0267. The van der Waals surface area contributed by atoms with Gasteiger partial charge in [0.1, 0.15) is 40.4 Å². The van der Waals surface area contributed by atoms with Crippen LogP contribution in [0, 0.1) is 48.9 Å². The summed E-state index contributed by atoms with van der Waals surface area (Å²) in [5, 5.41) is 0. The molecule has 3 aromatic carbocycles. The molecule has 0 amide bonds. The van der Waals surface area contributed by atoms with Crippen molar-refractivity contribution in [2.45, 2.75) is 58.5 Å². The van der Waals surface area contributed by atoms with E-state index in [1.165, 1.54) is 13.8 Å². The predicted octanol–water partition coefficient (Wildman–Crippen LogP) is 9.09. The monoisotopic (exact) mass is 510 g/mol. The molecule has 1 saturated carbocycles. The van der Waals surface area contributed by atoms with Gasteiger partial charge in [0.25, 0.3) is 0 Å². The van der Waals surface area contributed by atoms with Gasteiger partial charge in [-0.1, -0.05) is 19.8 Å². The Hall–Kier alpha value is -3.03. The van der Waals surface area contributed by atoms with Gasteiger partial charge in [0.2, 0.25) is 0 Å². The Morgan fingerprint density at radius 1 is 0.722 bits per heavy atom. The zero-order valence-electron chi connectivity index (χ0n) is 20.0. The maximum atomic E-state index is 14.9. The fourth-order valence-corrected chi connectivity index (χ4v) is 4.74. The Kier molecular flexibility index (Phi) is 7.08. The number of ether oxygens (including phenoxy) is 1. The lowest BCUT2D eigenvalue weighted by molar-refractivity contribution is -0.189. The normalized spacial score (nSPS) is 18.4. The number of hydrogen-bond donors (Lipinski definition) is 0. The average molecular weight is 510 g/mol. The van der Waals surface area contributed by atoms with Crippen molar-refractivity contribution < 1.29 is 35.5 Å². The summed E-state index contributed by atoms with van der Waals surface area (Å²) in [4.78, 5) is 0. The summed E-state index contributed by atoms with van der Waals surface area (Å²) >= 11 is 0. The lowest BCUT2D eigenvalue weighted by Gasteiger charge is -2.26. The van der Waals surface area contributed by atoms with E-state index in [9.17, 15) is 30.7 Å². The zero-order valence-corrected chi connectivity index (χ0v) is 20.0. The van der Waals surface area contributed by atoms with E-state index >= 15 is 0 Å². The van der Waals surface area contributed by atoms with E-state index in [0.717, 1.165) is 43.9 Å². The highest BCUT2D eigenvalue weighted by Crippen LogP contribution is 2.40. The molecule has 0 heterocycles.